The number of likely N-dealkylation sites (tertiary alicyclic amines) is 1. The number of aryl methyl sites for hydroxylation is 1. The second-order valence-electron chi connectivity index (χ2n) is 5.04. The molecule has 1 saturated heterocycles. The summed E-state index contributed by atoms with van der Waals surface area (Å²) < 4.78 is 5.49. The normalized spacial score (nSPS) is 18.8. The van der Waals surface area contributed by atoms with Gasteiger partial charge in [-0.3, -0.25) is 0 Å². The van der Waals surface area contributed by atoms with E-state index in [0.717, 1.165) is 25.3 Å². The lowest BCUT2D eigenvalue weighted by molar-refractivity contribution is 0.0976. The summed E-state index contributed by atoms with van der Waals surface area (Å²) in [5.74, 6) is 0.973. The van der Waals surface area contributed by atoms with E-state index in [-0.39, 0.29) is 5.41 Å². The second kappa shape index (κ2) is 4.67. The van der Waals surface area contributed by atoms with Gasteiger partial charge in [-0.1, -0.05) is 19.1 Å². The van der Waals surface area contributed by atoms with Crippen molar-refractivity contribution in [2.75, 3.05) is 33.8 Å². The maximum absolute atomic E-state index is 6.00. The van der Waals surface area contributed by atoms with Crippen LogP contribution in [-0.2, 0) is 11.8 Å². The Morgan fingerprint density at radius 2 is 2.12 bits per heavy atom. The summed E-state index contributed by atoms with van der Waals surface area (Å²) in [6, 6.07) is 6.47. The standard InChI is InChI=1S/C14H22N2O/c1-4-11-5-6-13(17-3)12(7-11)14(8-15)9-16(2)10-14/h5-7H,4,8-10,15H2,1-3H3. The molecular formula is C14H22N2O. The lowest BCUT2D eigenvalue weighted by Gasteiger charge is -2.49. The van der Waals surface area contributed by atoms with Crippen molar-refractivity contribution in [1.29, 1.82) is 0 Å². The third kappa shape index (κ3) is 2.05. The topological polar surface area (TPSA) is 38.5 Å². The summed E-state index contributed by atoms with van der Waals surface area (Å²) in [6.45, 7) is 4.90. The highest BCUT2D eigenvalue weighted by molar-refractivity contribution is 5.45. The average molecular weight is 234 g/mol. The lowest BCUT2D eigenvalue weighted by atomic mass is 9.73. The van der Waals surface area contributed by atoms with Crippen molar-refractivity contribution >= 4 is 0 Å². The van der Waals surface area contributed by atoms with Gasteiger partial charge in [0.05, 0.1) is 7.11 Å². The van der Waals surface area contributed by atoms with Gasteiger partial charge in [0.15, 0.2) is 0 Å². The van der Waals surface area contributed by atoms with Gasteiger partial charge in [0.2, 0.25) is 0 Å². The van der Waals surface area contributed by atoms with Crippen LogP contribution < -0.4 is 10.5 Å². The van der Waals surface area contributed by atoms with Gasteiger partial charge >= 0.3 is 0 Å². The van der Waals surface area contributed by atoms with Crippen LogP contribution in [0.3, 0.4) is 0 Å². The first-order valence-corrected chi connectivity index (χ1v) is 6.21. The van der Waals surface area contributed by atoms with Gasteiger partial charge in [0.25, 0.3) is 0 Å². The van der Waals surface area contributed by atoms with Crippen molar-refractivity contribution in [3.63, 3.8) is 0 Å². The molecule has 1 aromatic rings. The minimum absolute atomic E-state index is 0.0886. The monoisotopic (exact) mass is 234 g/mol. The first-order valence-electron chi connectivity index (χ1n) is 6.21. The van der Waals surface area contributed by atoms with Crippen LogP contribution in [0.4, 0.5) is 0 Å². The molecule has 0 aromatic heterocycles. The molecule has 3 nitrogen and oxygen atoms in total. The van der Waals surface area contributed by atoms with Crippen LogP contribution in [0.1, 0.15) is 18.1 Å². The van der Waals surface area contributed by atoms with E-state index in [2.05, 4.69) is 37.1 Å². The molecule has 1 aromatic carbocycles. The molecule has 0 unspecified atom stereocenters. The van der Waals surface area contributed by atoms with Gasteiger partial charge in [-0.05, 0) is 25.1 Å². The smallest absolute Gasteiger partial charge is 0.122 e. The predicted molar refractivity (Wildman–Crippen MR) is 70.6 cm³/mol. The van der Waals surface area contributed by atoms with Crippen LogP contribution in [0.25, 0.3) is 0 Å². The highest BCUT2D eigenvalue weighted by Crippen LogP contribution is 2.38. The van der Waals surface area contributed by atoms with E-state index in [1.165, 1.54) is 11.1 Å². The number of ether oxygens (including phenoxy) is 1. The van der Waals surface area contributed by atoms with Gasteiger partial charge in [0, 0.05) is 30.6 Å². The lowest BCUT2D eigenvalue weighted by Crippen LogP contribution is -2.61. The van der Waals surface area contributed by atoms with Crippen LogP contribution in [0, 0.1) is 0 Å². The maximum Gasteiger partial charge on any atom is 0.122 e. The predicted octanol–water partition coefficient (Wildman–Crippen LogP) is 1.40. The Kier molecular flexibility index (Phi) is 3.40. The van der Waals surface area contributed by atoms with Crippen LogP contribution in [0.2, 0.25) is 0 Å². The third-order valence-corrected chi connectivity index (χ3v) is 3.78. The van der Waals surface area contributed by atoms with Gasteiger partial charge in [0.1, 0.15) is 5.75 Å². The molecule has 2 N–H and O–H groups in total. The first-order chi connectivity index (χ1) is 8.15. The highest BCUT2D eigenvalue weighted by Gasteiger charge is 2.43. The first kappa shape index (κ1) is 12.4. The Morgan fingerprint density at radius 1 is 1.41 bits per heavy atom. The Hall–Kier alpha value is -1.06. The molecule has 2 rings (SSSR count). The number of nitrogens with two attached hydrogens (primary N) is 1. The van der Waals surface area contributed by atoms with Crippen LogP contribution in [0.5, 0.6) is 5.75 Å². The minimum Gasteiger partial charge on any atom is -0.496 e. The zero-order valence-corrected chi connectivity index (χ0v) is 11.0. The number of likely N-dealkylation sites (N-methyl/N-ethyl adjacent to an activating group) is 1. The van der Waals surface area contributed by atoms with Gasteiger partial charge in [-0.2, -0.15) is 0 Å². The molecule has 3 heteroatoms. The SMILES string of the molecule is CCc1ccc(OC)c(C2(CN)CN(C)C2)c1. The Bertz CT molecular complexity index is 397. The number of hydrogen-bond acceptors (Lipinski definition) is 3. The minimum atomic E-state index is 0.0886. The Balaban J connectivity index is 2.41. The molecule has 1 heterocycles. The van der Waals surface area contributed by atoms with Crippen LogP contribution >= 0.6 is 0 Å². The summed E-state index contributed by atoms with van der Waals surface area (Å²) >= 11 is 0. The molecule has 0 saturated carbocycles. The quantitative estimate of drug-likeness (QED) is 0.856. The van der Waals surface area contributed by atoms with Gasteiger partial charge in [-0.15, -0.1) is 0 Å². The summed E-state index contributed by atoms with van der Waals surface area (Å²) in [6.07, 6.45) is 1.05. The molecule has 17 heavy (non-hydrogen) atoms. The summed E-state index contributed by atoms with van der Waals surface area (Å²) in [5, 5.41) is 0. The van der Waals surface area contributed by atoms with E-state index in [1.807, 2.05) is 0 Å². The van der Waals surface area contributed by atoms with Crippen molar-refractivity contribution in [3.05, 3.63) is 29.3 Å². The fraction of sp³-hybridized carbons (Fsp3) is 0.571. The zero-order valence-electron chi connectivity index (χ0n) is 11.0. The number of benzene rings is 1. The van der Waals surface area contributed by atoms with E-state index in [9.17, 15) is 0 Å². The molecule has 0 radical (unpaired) electrons. The molecule has 0 aliphatic carbocycles. The summed E-state index contributed by atoms with van der Waals surface area (Å²) in [5.41, 5.74) is 8.71. The second-order valence-corrected chi connectivity index (χ2v) is 5.04. The molecule has 1 aliphatic heterocycles. The largest absolute Gasteiger partial charge is 0.496 e. The fourth-order valence-electron chi connectivity index (χ4n) is 2.79. The van der Waals surface area contributed by atoms with Crippen molar-refractivity contribution in [2.45, 2.75) is 18.8 Å². The molecular weight excluding hydrogens is 212 g/mol. The van der Waals surface area contributed by atoms with E-state index < -0.39 is 0 Å². The van der Waals surface area contributed by atoms with Crippen LogP contribution in [-0.4, -0.2) is 38.7 Å². The van der Waals surface area contributed by atoms with Gasteiger partial charge in [-0.25, -0.2) is 0 Å². The number of rotatable bonds is 4. The fourth-order valence-corrected chi connectivity index (χ4v) is 2.79. The third-order valence-electron chi connectivity index (χ3n) is 3.78. The van der Waals surface area contributed by atoms with E-state index in [4.69, 9.17) is 10.5 Å². The molecule has 1 fully saturated rings. The summed E-state index contributed by atoms with van der Waals surface area (Å²) in [7, 11) is 3.86. The van der Waals surface area contributed by atoms with E-state index >= 15 is 0 Å². The molecule has 0 spiro atoms. The summed E-state index contributed by atoms with van der Waals surface area (Å²) in [4.78, 5) is 2.30. The number of methoxy groups -OCH3 is 1. The van der Waals surface area contributed by atoms with E-state index in [1.54, 1.807) is 7.11 Å². The molecule has 1 aliphatic rings. The van der Waals surface area contributed by atoms with Crippen molar-refractivity contribution in [3.8, 4) is 5.75 Å². The van der Waals surface area contributed by atoms with Crippen LogP contribution in [0.15, 0.2) is 18.2 Å². The maximum atomic E-state index is 6.00. The van der Waals surface area contributed by atoms with E-state index in [0.29, 0.717) is 6.54 Å². The number of hydrogen-bond donors (Lipinski definition) is 1. The van der Waals surface area contributed by atoms with Gasteiger partial charge < -0.3 is 15.4 Å². The van der Waals surface area contributed by atoms with Crippen molar-refractivity contribution in [1.82, 2.24) is 4.90 Å². The Labute approximate surface area is 104 Å². The molecule has 94 valence electrons. The van der Waals surface area contributed by atoms with Crippen molar-refractivity contribution in [2.24, 2.45) is 5.73 Å². The highest BCUT2D eigenvalue weighted by atomic mass is 16.5. The molecule has 0 atom stereocenters. The Morgan fingerprint density at radius 3 is 2.59 bits per heavy atom. The zero-order chi connectivity index (χ0) is 12.5. The number of nitrogens with zero attached hydrogens (tertiary/aromatic N) is 1. The molecule has 0 amide bonds. The molecule has 0 bridgehead atoms. The average Bonchev–Trinajstić information content (AvgIpc) is 2.34. The van der Waals surface area contributed by atoms with Crippen molar-refractivity contribution < 1.29 is 4.74 Å².